The van der Waals surface area contributed by atoms with Crippen LogP contribution in [0.2, 0.25) is 5.02 Å². The number of halogens is 1. The van der Waals surface area contributed by atoms with Crippen LogP contribution >= 0.6 is 11.6 Å². The number of methoxy groups -OCH3 is 1. The average molecular weight is 381 g/mol. The fraction of sp³-hybridized carbons (Fsp3) is 0.550. The van der Waals surface area contributed by atoms with Crippen molar-refractivity contribution < 1.29 is 14.3 Å². The maximum absolute atomic E-state index is 12.0. The van der Waals surface area contributed by atoms with Crippen molar-refractivity contribution in [3.63, 3.8) is 0 Å². The Labute approximate surface area is 161 Å². The Morgan fingerprint density at radius 1 is 1.31 bits per heavy atom. The van der Waals surface area contributed by atoms with Gasteiger partial charge in [0.15, 0.2) is 11.5 Å². The molecule has 1 aromatic carbocycles. The van der Waals surface area contributed by atoms with Crippen LogP contribution in [0.4, 0.5) is 0 Å². The van der Waals surface area contributed by atoms with Gasteiger partial charge in [0, 0.05) is 19.2 Å². The standard InChI is InChI=1S/C20H29ClN2O3/c1-3-13-26-20-17(21)14-16(15-18(20)25-2)7-8-19(24)22-9-12-23-10-5-4-6-11-23/h7-8,14-15H,3-6,9-13H2,1-2H3,(H,22,24)/b8-7+. The van der Waals surface area contributed by atoms with E-state index >= 15 is 0 Å². The summed E-state index contributed by atoms with van der Waals surface area (Å²) in [5, 5.41) is 3.40. The van der Waals surface area contributed by atoms with Gasteiger partial charge >= 0.3 is 0 Å². The Morgan fingerprint density at radius 2 is 2.08 bits per heavy atom. The SMILES string of the molecule is CCCOc1c(Cl)cc(/C=C/C(=O)NCCN2CCCCC2)cc1OC. The first-order valence-electron chi connectivity index (χ1n) is 9.32. The summed E-state index contributed by atoms with van der Waals surface area (Å²) in [5.41, 5.74) is 0.793. The van der Waals surface area contributed by atoms with E-state index in [9.17, 15) is 4.79 Å². The molecule has 1 saturated heterocycles. The van der Waals surface area contributed by atoms with Gasteiger partial charge in [-0.05, 0) is 56.1 Å². The number of hydrogen-bond donors (Lipinski definition) is 1. The Kier molecular flexibility index (Phi) is 8.78. The average Bonchev–Trinajstić information content (AvgIpc) is 2.66. The molecule has 0 atom stereocenters. The zero-order chi connectivity index (χ0) is 18.8. The third-order valence-electron chi connectivity index (χ3n) is 4.31. The van der Waals surface area contributed by atoms with Crippen LogP contribution in [0.15, 0.2) is 18.2 Å². The summed E-state index contributed by atoms with van der Waals surface area (Å²) in [6.07, 6.45) is 7.98. The minimum Gasteiger partial charge on any atom is -0.493 e. The maximum atomic E-state index is 12.0. The molecular weight excluding hydrogens is 352 g/mol. The number of piperidine rings is 1. The molecule has 1 aliphatic heterocycles. The number of nitrogens with one attached hydrogen (secondary N) is 1. The van der Waals surface area contributed by atoms with Gasteiger partial charge < -0.3 is 19.7 Å². The number of carbonyl (C=O) groups excluding carboxylic acids is 1. The van der Waals surface area contributed by atoms with Crippen LogP contribution < -0.4 is 14.8 Å². The number of nitrogens with zero attached hydrogens (tertiary/aromatic N) is 1. The molecule has 0 bridgehead atoms. The molecule has 0 saturated carbocycles. The first kappa shape index (κ1) is 20.6. The molecular formula is C20H29ClN2O3. The lowest BCUT2D eigenvalue weighted by atomic mass is 10.1. The smallest absolute Gasteiger partial charge is 0.244 e. The van der Waals surface area contributed by atoms with Crippen LogP contribution in [0.3, 0.4) is 0 Å². The van der Waals surface area contributed by atoms with Crippen LogP contribution in [0, 0.1) is 0 Å². The monoisotopic (exact) mass is 380 g/mol. The lowest BCUT2D eigenvalue weighted by Crippen LogP contribution is -2.37. The van der Waals surface area contributed by atoms with E-state index in [1.807, 2.05) is 13.0 Å². The van der Waals surface area contributed by atoms with E-state index in [-0.39, 0.29) is 5.91 Å². The van der Waals surface area contributed by atoms with Crippen LogP contribution in [-0.4, -0.2) is 50.7 Å². The molecule has 6 heteroatoms. The molecule has 1 amide bonds. The maximum Gasteiger partial charge on any atom is 0.244 e. The number of ether oxygens (including phenoxy) is 2. The second-order valence-electron chi connectivity index (χ2n) is 6.41. The van der Waals surface area contributed by atoms with Crippen molar-refractivity contribution >= 4 is 23.6 Å². The third kappa shape index (κ3) is 6.54. The van der Waals surface area contributed by atoms with Crippen molar-refractivity contribution in [1.82, 2.24) is 10.2 Å². The topological polar surface area (TPSA) is 50.8 Å². The number of carbonyl (C=O) groups is 1. The Bertz CT molecular complexity index is 613. The predicted molar refractivity (Wildman–Crippen MR) is 106 cm³/mol. The van der Waals surface area contributed by atoms with Crippen LogP contribution in [0.1, 0.15) is 38.2 Å². The van der Waals surface area contributed by atoms with E-state index in [2.05, 4.69) is 10.2 Å². The van der Waals surface area contributed by atoms with Gasteiger partial charge in [0.2, 0.25) is 5.91 Å². The summed E-state index contributed by atoms with van der Waals surface area (Å²) in [5.74, 6) is 0.999. The summed E-state index contributed by atoms with van der Waals surface area (Å²) in [6.45, 7) is 6.44. The van der Waals surface area contributed by atoms with E-state index in [0.29, 0.717) is 29.7 Å². The fourth-order valence-electron chi connectivity index (χ4n) is 2.93. The second-order valence-corrected chi connectivity index (χ2v) is 6.82. The summed E-state index contributed by atoms with van der Waals surface area (Å²) >= 11 is 6.29. The highest BCUT2D eigenvalue weighted by Gasteiger charge is 2.11. The van der Waals surface area contributed by atoms with Gasteiger partial charge in [-0.2, -0.15) is 0 Å². The minimum absolute atomic E-state index is 0.108. The second kappa shape index (κ2) is 11.1. The van der Waals surface area contributed by atoms with Crippen molar-refractivity contribution in [2.45, 2.75) is 32.6 Å². The quantitative estimate of drug-likeness (QED) is 0.663. The molecule has 1 aliphatic rings. The van der Waals surface area contributed by atoms with E-state index in [1.54, 1.807) is 19.3 Å². The third-order valence-corrected chi connectivity index (χ3v) is 4.59. The van der Waals surface area contributed by atoms with Gasteiger partial charge in [0.05, 0.1) is 18.7 Å². The number of likely N-dealkylation sites (tertiary alicyclic amines) is 1. The van der Waals surface area contributed by atoms with Gasteiger partial charge in [-0.25, -0.2) is 0 Å². The molecule has 1 aromatic rings. The lowest BCUT2D eigenvalue weighted by Gasteiger charge is -2.26. The predicted octanol–water partition coefficient (Wildman–Crippen LogP) is 3.75. The molecule has 2 rings (SSSR count). The summed E-state index contributed by atoms with van der Waals surface area (Å²) in [4.78, 5) is 14.4. The largest absolute Gasteiger partial charge is 0.493 e. The zero-order valence-electron chi connectivity index (χ0n) is 15.7. The van der Waals surface area contributed by atoms with E-state index < -0.39 is 0 Å². The number of benzene rings is 1. The highest BCUT2D eigenvalue weighted by atomic mass is 35.5. The van der Waals surface area contributed by atoms with Gasteiger partial charge in [-0.15, -0.1) is 0 Å². The Balaban J connectivity index is 1.87. The van der Waals surface area contributed by atoms with E-state index in [4.69, 9.17) is 21.1 Å². The zero-order valence-corrected chi connectivity index (χ0v) is 16.5. The summed E-state index contributed by atoms with van der Waals surface area (Å²) in [7, 11) is 1.57. The number of hydrogen-bond acceptors (Lipinski definition) is 4. The van der Waals surface area contributed by atoms with Crippen LogP contribution in [0.5, 0.6) is 11.5 Å². The van der Waals surface area contributed by atoms with E-state index in [0.717, 1.165) is 31.6 Å². The van der Waals surface area contributed by atoms with Crippen molar-refractivity contribution in [1.29, 1.82) is 0 Å². The molecule has 1 N–H and O–H groups in total. The van der Waals surface area contributed by atoms with Gasteiger partial charge in [-0.1, -0.05) is 24.9 Å². The molecule has 1 fully saturated rings. The van der Waals surface area contributed by atoms with Crippen molar-refractivity contribution in [3.05, 3.63) is 28.8 Å². The molecule has 5 nitrogen and oxygen atoms in total. The minimum atomic E-state index is -0.108. The highest BCUT2D eigenvalue weighted by Crippen LogP contribution is 2.36. The first-order chi connectivity index (χ1) is 12.6. The molecule has 144 valence electrons. The number of rotatable bonds is 9. The molecule has 1 heterocycles. The summed E-state index contributed by atoms with van der Waals surface area (Å²) in [6, 6.07) is 3.58. The van der Waals surface area contributed by atoms with Crippen molar-refractivity contribution in [3.8, 4) is 11.5 Å². The van der Waals surface area contributed by atoms with Crippen LogP contribution in [0.25, 0.3) is 6.08 Å². The van der Waals surface area contributed by atoms with Gasteiger partial charge in [0.25, 0.3) is 0 Å². The summed E-state index contributed by atoms with van der Waals surface area (Å²) < 4.78 is 11.0. The Hall–Kier alpha value is -1.72. The Morgan fingerprint density at radius 3 is 2.77 bits per heavy atom. The molecule has 0 aliphatic carbocycles. The highest BCUT2D eigenvalue weighted by molar-refractivity contribution is 6.32. The normalized spacial score (nSPS) is 15.2. The van der Waals surface area contributed by atoms with Gasteiger partial charge in [-0.3, -0.25) is 4.79 Å². The van der Waals surface area contributed by atoms with Gasteiger partial charge in [0.1, 0.15) is 0 Å². The molecule has 26 heavy (non-hydrogen) atoms. The molecule has 0 unspecified atom stereocenters. The lowest BCUT2D eigenvalue weighted by molar-refractivity contribution is -0.116. The first-order valence-corrected chi connectivity index (χ1v) is 9.70. The van der Waals surface area contributed by atoms with Crippen LogP contribution in [-0.2, 0) is 4.79 Å². The van der Waals surface area contributed by atoms with Crippen molar-refractivity contribution in [2.75, 3.05) is 39.9 Å². The fourth-order valence-corrected chi connectivity index (χ4v) is 3.20. The molecule has 0 radical (unpaired) electrons. The van der Waals surface area contributed by atoms with Crippen molar-refractivity contribution in [2.24, 2.45) is 0 Å². The molecule has 0 spiro atoms. The van der Waals surface area contributed by atoms with E-state index in [1.165, 1.54) is 25.3 Å². The number of amides is 1. The molecule has 0 aromatic heterocycles.